The first-order chi connectivity index (χ1) is 6.86. The summed E-state index contributed by atoms with van der Waals surface area (Å²) in [7, 11) is 0. The maximum absolute atomic E-state index is 10.8. The van der Waals surface area contributed by atoms with Gasteiger partial charge in [-0.15, -0.1) is 0 Å². The summed E-state index contributed by atoms with van der Waals surface area (Å²) in [5.41, 5.74) is -3.35. The van der Waals surface area contributed by atoms with Crippen molar-refractivity contribution in [2.45, 2.75) is 0 Å². The molecular weight excluding hydrogens is 210 g/mol. The van der Waals surface area contributed by atoms with E-state index in [2.05, 4.69) is 0 Å². The standard InChI is InChI=1S/C7H5NO7/c9-3-1(6(12)13)2(7(14)15)8-5(11)4(3)10/h10H,(H,12,13)(H,14,15)(H2,8,9,11). The number of rotatable bonds is 2. The molecule has 5 N–H and O–H groups in total. The third-order valence-electron chi connectivity index (χ3n) is 1.59. The van der Waals surface area contributed by atoms with Crippen LogP contribution in [0.5, 0.6) is 11.5 Å². The lowest BCUT2D eigenvalue weighted by Gasteiger charge is -2.04. The number of hydrogen-bond donors (Lipinski definition) is 5. The second-order valence-corrected chi connectivity index (χ2v) is 2.51. The largest absolute Gasteiger partial charge is 0.503 e. The van der Waals surface area contributed by atoms with Crippen LogP contribution in [0.15, 0.2) is 4.79 Å². The number of aromatic carboxylic acids is 2. The smallest absolute Gasteiger partial charge is 0.353 e. The summed E-state index contributed by atoms with van der Waals surface area (Å²) in [5.74, 6) is -6.03. The molecule has 0 fully saturated rings. The van der Waals surface area contributed by atoms with Gasteiger partial charge in [-0.2, -0.15) is 0 Å². The third-order valence-corrected chi connectivity index (χ3v) is 1.59. The summed E-state index contributed by atoms with van der Waals surface area (Å²) >= 11 is 0. The normalized spacial score (nSPS) is 9.87. The van der Waals surface area contributed by atoms with Crippen LogP contribution >= 0.6 is 0 Å². The summed E-state index contributed by atoms with van der Waals surface area (Å²) in [6.45, 7) is 0. The van der Waals surface area contributed by atoms with Gasteiger partial charge in [0, 0.05) is 0 Å². The average Bonchev–Trinajstić information content (AvgIpc) is 2.12. The molecule has 0 aliphatic heterocycles. The Balaban J connectivity index is 3.73. The molecule has 8 heteroatoms. The van der Waals surface area contributed by atoms with E-state index in [0.717, 1.165) is 0 Å². The van der Waals surface area contributed by atoms with Gasteiger partial charge in [0.1, 0.15) is 11.3 Å². The van der Waals surface area contributed by atoms with Gasteiger partial charge < -0.3 is 25.4 Å². The fraction of sp³-hybridized carbons (Fsp3) is 0. The fourth-order valence-electron chi connectivity index (χ4n) is 0.948. The van der Waals surface area contributed by atoms with Gasteiger partial charge in [0.15, 0.2) is 5.75 Å². The SMILES string of the molecule is O=C(O)c1[nH]c(=O)c(O)c(O)c1C(=O)O. The highest BCUT2D eigenvalue weighted by Crippen LogP contribution is 2.26. The van der Waals surface area contributed by atoms with Crippen molar-refractivity contribution in [1.29, 1.82) is 0 Å². The van der Waals surface area contributed by atoms with Crippen LogP contribution < -0.4 is 5.56 Å². The Morgan fingerprint density at radius 1 is 1.00 bits per heavy atom. The van der Waals surface area contributed by atoms with E-state index in [1.807, 2.05) is 0 Å². The first kappa shape index (κ1) is 10.6. The topological polar surface area (TPSA) is 148 Å². The molecule has 1 rings (SSSR count). The van der Waals surface area contributed by atoms with Crippen molar-refractivity contribution in [3.63, 3.8) is 0 Å². The van der Waals surface area contributed by atoms with E-state index in [0.29, 0.717) is 0 Å². The van der Waals surface area contributed by atoms with Crippen molar-refractivity contribution in [1.82, 2.24) is 4.98 Å². The molecule has 1 aromatic heterocycles. The second kappa shape index (κ2) is 3.33. The number of carboxylic acids is 2. The monoisotopic (exact) mass is 215 g/mol. The van der Waals surface area contributed by atoms with Crippen molar-refractivity contribution < 1.29 is 30.0 Å². The highest BCUT2D eigenvalue weighted by molar-refractivity contribution is 6.02. The van der Waals surface area contributed by atoms with Crippen molar-refractivity contribution in [3.05, 3.63) is 21.6 Å². The zero-order valence-corrected chi connectivity index (χ0v) is 7.01. The number of carboxylic acid groups (broad SMARTS) is 2. The number of aromatic hydroxyl groups is 2. The molecule has 0 saturated heterocycles. The third kappa shape index (κ3) is 1.59. The summed E-state index contributed by atoms with van der Waals surface area (Å²) in [5, 5.41) is 35.0. The minimum atomic E-state index is -1.78. The summed E-state index contributed by atoms with van der Waals surface area (Å²) in [6, 6.07) is 0. The van der Waals surface area contributed by atoms with Gasteiger partial charge >= 0.3 is 11.9 Å². The Morgan fingerprint density at radius 3 is 1.93 bits per heavy atom. The Bertz CT molecular complexity index is 501. The van der Waals surface area contributed by atoms with Gasteiger partial charge in [0.05, 0.1) is 0 Å². The van der Waals surface area contributed by atoms with Crippen LogP contribution in [0, 0.1) is 0 Å². The average molecular weight is 215 g/mol. The van der Waals surface area contributed by atoms with Crippen LogP contribution in [0.1, 0.15) is 20.8 Å². The molecule has 0 aromatic carbocycles. The van der Waals surface area contributed by atoms with Gasteiger partial charge in [0.2, 0.25) is 5.75 Å². The number of hydrogen-bond acceptors (Lipinski definition) is 5. The molecule has 0 aliphatic carbocycles. The number of pyridine rings is 1. The molecule has 1 heterocycles. The number of carbonyl (C=O) groups is 2. The van der Waals surface area contributed by atoms with Crippen molar-refractivity contribution in [2.24, 2.45) is 0 Å². The van der Waals surface area contributed by atoms with Crippen LogP contribution in [0.3, 0.4) is 0 Å². The van der Waals surface area contributed by atoms with Crippen molar-refractivity contribution >= 4 is 11.9 Å². The Morgan fingerprint density at radius 2 is 1.53 bits per heavy atom. The number of H-pyrrole nitrogens is 1. The van der Waals surface area contributed by atoms with Gasteiger partial charge in [-0.25, -0.2) is 9.59 Å². The zero-order chi connectivity index (χ0) is 11.7. The lowest BCUT2D eigenvalue weighted by Crippen LogP contribution is -2.18. The van der Waals surface area contributed by atoms with E-state index >= 15 is 0 Å². The van der Waals surface area contributed by atoms with Gasteiger partial charge in [0.25, 0.3) is 5.56 Å². The predicted molar refractivity (Wildman–Crippen MR) is 44.3 cm³/mol. The molecule has 15 heavy (non-hydrogen) atoms. The quantitative estimate of drug-likeness (QED) is 0.432. The van der Waals surface area contributed by atoms with Crippen LogP contribution in [0.25, 0.3) is 0 Å². The molecule has 0 amide bonds. The molecule has 0 radical (unpaired) electrons. The molecule has 0 aliphatic rings. The maximum atomic E-state index is 10.8. The zero-order valence-electron chi connectivity index (χ0n) is 7.01. The van der Waals surface area contributed by atoms with E-state index in [9.17, 15) is 14.4 Å². The number of aromatic amines is 1. The number of nitrogens with one attached hydrogen (secondary N) is 1. The highest BCUT2D eigenvalue weighted by Gasteiger charge is 2.25. The van der Waals surface area contributed by atoms with Crippen LogP contribution in [-0.4, -0.2) is 37.3 Å². The predicted octanol–water partition coefficient (Wildman–Crippen LogP) is -0.818. The summed E-state index contributed by atoms with van der Waals surface area (Å²) < 4.78 is 0. The van der Waals surface area contributed by atoms with E-state index in [1.54, 1.807) is 4.98 Å². The second-order valence-electron chi connectivity index (χ2n) is 2.51. The van der Waals surface area contributed by atoms with Crippen LogP contribution in [-0.2, 0) is 0 Å². The molecule has 0 saturated carbocycles. The minimum absolute atomic E-state index is 0.997. The Hall–Kier alpha value is -2.51. The molecule has 0 bridgehead atoms. The van der Waals surface area contributed by atoms with Crippen LogP contribution in [0.2, 0.25) is 0 Å². The minimum Gasteiger partial charge on any atom is -0.503 e. The van der Waals surface area contributed by atoms with Gasteiger partial charge in [-0.05, 0) is 0 Å². The Kier molecular flexibility index (Phi) is 2.35. The molecule has 80 valence electrons. The van der Waals surface area contributed by atoms with E-state index in [1.165, 1.54) is 0 Å². The van der Waals surface area contributed by atoms with Crippen LogP contribution in [0.4, 0.5) is 0 Å². The first-order valence-electron chi connectivity index (χ1n) is 3.51. The lowest BCUT2D eigenvalue weighted by atomic mass is 10.1. The van der Waals surface area contributed by atoms with Gasteiger partial charge in [-0.1, -0.05) is 0 Å². The maximum Gasteiger partial charge on any atom is 0.353 e. The highest BCUT2D eigenvalue weighted by atomic mass is 16.4. The van der Waals surface area contributed by atoms with Crippen molar-refractivity contribution in [2.75, 3.05) is 0 Å². The molecular formula is C7H5NO7. The molecule has 8 nitrogen and oxygen atoms in total. The molecule has 0 atom stereocenters. The lowest BCUT2D eigenvalue weighted by molar-refractivity contribution is 0.0642. The van der Waals surface area contributed by atoms with Gasteiger partial charge in [-0.3, -0.25) is 4.79 Å². The van der Waals surface area contributed by atoms with E-state index < -0.39 is 40.3 Å². The first-order valence-corrected chi connectivity index (χ1v) is 3.51. The summed E-state index contributed by atoms with van der Waals surface area (Å²) in [6.07, 6.45) is 0. The van der Waals surface area contributed by atoms with E-state index in [4.69, 9.17) is 20.4 Å². The molecule has 0 spiro atoms. The molecule has 0 unspecified atom stereocenters. The van der Waals surface area contributed by atoms with Crippen molar-refractivity contribution in [3.8, 4) is 11.5 Å². The fourth-order valence-corrected chi connectivity index (χ4v) is 0.948. The molecule has 1 aromatic rings. The van der Waals surface area contributed by atoms with E-state index in [-0.39, 0.29) is 0 Å². The Labute approximate surface area is 81.0 Å². The number of aromatic nitrogens is 1. The summed E-state index contributed by atoms with van der Waals surface area (Å²) in [4.78, 5) is 33.5.